The highest BCUT2D eigenvalue weighted by molar-refractivity contribution is 6.31. The number of aliphatic hydroxyl groups is 1. The first kappa shape index (κ1) is 19.2. The lowest BCUT2D eigenvalue weighted by Crippen LogP contribution is -2.39. The zero-order valence-electron chi connectivity index (χ0n) is 15.1. The summed E-state index contributed by atoms with van der Waals surface area (Å²) >= 11 is 6.17. The van der Waals surface area contributed by atoms with Crippen molar-refractivity contribution in [3.63, 3.8) is 0 Å². The van der Waals surface area contributed by atoms with Crippen molar-refractivity contribution in [3.05, 3.63) is 68.7 Å². The molecule has 142 valence electrons. The van der Waals surface area contributed by atoms with Gasteiger partial charge in [-0.15, -0.1) is 0 Å². The van der Waals surface area contributed by atoms with Crippen LogP contribution >= 0.6 is 11.6 Å². The van der Waals surface area contributed by atoms with Gasteiger partial charge in [0.05, 0.1) is 23.2 Å². The van der Waals surface area contributed by atoms with Gasteiger partial charge < -0.3 is 14.8 Å². The summed E-state index contributed by atoms with van der Waals surface area (Å²) in [4.78, 5) is 26.8. The second-order valence-corrected chi connectivity index (χ2v) is 6.87. The van der Waals surface area contributed by atoms with E-state index >= 15 is 0 Å². The number of nitrogens with one attached hydrogen (secondary N) is 2. The van der Waals surface area contributed by atoms with E-state index in [4.69, 9.17) is 16.0 Å². The number of carbonyl (C=O) groups is 1. The predicted octanol–water partition coefficient (Wildman–Crippen LogP) is 3.72. The minimum absolute atomic E-state index is 0.198. The van der Waals surface area contributed by atoms with Gasteiger partial charge in [0.2, 0.25) is 0 Å². The molecule has 0 fully saturated rings. The molecule has 0 saturated heterocycles. The van der Waals surface area contributed by atoms with Crippen molar-refractivity contribution in [1.82, 2.24) is 10.3 Å². The van der Waals surface area contributed by atoms with Crippen LogP contribution in [0.4, 0.5) is 0 Å². The number of para-hydroxylation sites is 1. The molecule has 3 rings (SSSR count). The molecule has 6 nitrogen and oxygen atoms in total. The first-order chi connectivity index (χ1) is 12.9. The molecule has 0 radical (unpaired) electrons. The summed E-state index contributed by atoms with van der Waals surface area (Å²) in [5.41, 5.74) is 2.34. The SMILES string of the molecule is CCC[C@@H](NC(=O)c1cccc2[nH]c(=O)oc12)[C@@H](O)c1cccc(Cl)c1C. The predicted molar refractivity (Wildman–Crippen MR) is 104 cm³/mol. The van der Waals surface area contributed by atoms with Crippen molar-refractivity contribution in [2.75, 3.05) is 0 Å². The van der Waals surface area contributed by atoms with Crippen LogP contribution in [0.15, 0.2) is 45.6 Å². The Morgan fingerprint density at radius 2 is 2.04 bits per heavy atom. The molecule has 1 heterocycles. The number of fused-ring (bicyclic) bond motifs is 1. The number of H-pyrrole nitrogens is 1. The smallest absolute Gasteiger partial charge is 0.407 e. The topological polar surface area (TPSA) is 95.3 Å². The van der Waals surface area contributed by atoms with Crippen molar-refractivity contribution in [2.45, 2.75) is 38.8 Å². The molecule has 3 N–H and O–H groups in total. The van der Waals surface area contributed by atoms with Gasteiger partial charge in [0, 0.05) is 5.02 Å². The first-order valence-corrected chi connectivity index (χ1v) is 9.16. The monoisotopic (exact) mass is 388 g/mol. The summed E-state index contributed by atoms with van der Waals surface area (Å²) in [6, 6.07) is 9.71. The quantitative estimate of drug-likeness (QED) is 0.599. The van der Waals surface area contributed by atoms with E-state index in [9.17, 15) is 14.7 Å². The zero-order valence-corrected chi connectivity index (χ0v) is 15.8. The van der Waals surface area contributed by atoms with Gasteiger partial charge in [-0.1, -0.05) is 43.1 Å². The Morgan fingerprint density at radius 3 is 2.78 bits per heavy atom. The lowest BCUT2D eigenvalue weighted by molar-refractivity contribution is 0.0819. The van der Waals surface area contributed by atoms with Crippen LogP contribution in [0.5, 0.6) is 0 Å². The Balaban J connectivity index is 1.90. The van der Waals surface area contributed by atoms with E-state index in [1.165, 1.54) is 0 Å². The number of carbonyl (C=O) groups excluding carboxylic acids is 1. The van der Waals surface area contributed by atoms with Crippen LogP contribution in [0.25, 0.3) is 11.1 Å². The van der Waals surface area contributed by atoms with Crippen LogP contribution in [-0.4, -0.2) is 22.0 Å². The average molecular weight is 389 g/mol. The Kier molecular flexibility index (Phi) is 5.68. The Hall–Kier alpha value is -2.57. The molecule has 0 spiro atoms. The van der Waals surface area contributed by atoms with Gasteiger partial charge in [-0.3, -0.25) is 9.78 Å². The van der Waals surface area contributed by atoms with Gasteiger partial charge >= 0.3 is 5.76 Å². The second-order valence-electron chi connectivity index (χ2n) is 6.46. The molecular formula is C20H21ClN2O4. The number of rotatable bonds is 6. The molecule has 3 aromatic rings. The maximum Gasteiger partial charge on any atom is 0.417 e. The number of aromatic nitrogens is 1. The van der Waals surface area contributed by atoms with Gasteiger partial charge in [0.15, 0.2) is 5.58 Å². The third kappa shape index (κ3) is 3.91. The molecule has 0 saturated carbocycles. The van der Waals surface area contributed by atoms with E-state index in [1.54, 1.807) is 36.4 Å². The highest BCUT2D eigenvalue weighted by Crippen LogP contribution is 2.28. The molecule has 27 heavy (non-hydrogen) atoms. The van der Waals surface area contributed by atoms with E-state index < -0.39 is 23.8 Å². The molecule has 0 unspecified atom stereocenters. The van der Waals surface area contributed by atoms with Crippen LogP contribution in [-0.2, 0) is 0 Å². The second kappa shape index (κ2) is 7.98. The van der Waals surface area contributed by atoms with Crippen LogP contribution in [0.2, 0.25) is 5.02 Å². The van der Waals surface area contributed by atoms with Crippen molar-refractivity contribution < 1.29 is 14.3 Å². The summed E-state index contributed by atoms with van der Waals surface area (Å²) in [6.45, 7) is 3.81. The number of hydrogen-bond acceptors (Lipinski definition) is 4. The maximum absolute atomic E-state index is 12.8. The Labute approximate surface area is 161 Å². The minimum atomic E-state index is -0.912. The lowest BCUT2D eigenvalue weighted by Gasteiger charge is -2.25. The molecular weight excluding hydrogens is 368 g/mol. The van der Waals surface area contributed by atoms with Gasteiger partial charge in [0.1, 0.15) is 0 Å². The number of benzene rings is 2. The van der Waals surface area contributed by atoms with Gasteiger partial charge in [0.25, 0.3) is 5.91 Å². The molecule has 0 aliphatic heterocycles. The molecule has 2 aromatic carbocycles. The molecule has 0 bridgehead atoms. The van der Waals surface area contributed by atoms with Gasteiger partial charge in [-0.25, -0.2) is 4.79 Å². The van der Waals surface area contributed by atoms with Gasteiger partial charge in [-0.05, 0) is 42.7 Å². The molecule has 1 aromatic heterocycles. The van der Waals surface area contributed by atoms with Crippen LogP contribution in [0, 0.1) is 6.92 Å². The largest absolute Gasteiger partial charge is 0.417 e. The van der Waals surface area contributed by atoms with Crippen LogP contribution < -0.4 is 11.1 Å². The van der Waals surface area contributed by atoms with Crippen molar-refractivity contribution >= 4 is 28.6 Å². The Morgan fingerprint density at radius 1 is 1.30 bits per heavy atom. The molecule has 0 aliphatic carbocycles. The Bertz CT molecular complexity index is 1020. The third-order valence-corrected chi connectivity index (χ3v) is 5.03. The highest BCUT2D eigenvalue weighted by atomic mass is 35.5. The summed E-state index contributed by atoms with van der Waals surface area (Å²) in [7, 11) is 0. The molecule has 1 amide bonds. The van der Waals surface area contributed by atoms with E-state index in [2.05, 4.69) is 10.3 Å². The van der Waals surface area contributed by atoms with E-state index in [0.29, 0.717) is 22.5 Å². The fourth-order valence-electron chi connectivity index (χ4n) is 3.18. The molecule has 0 aliphatic rings. The number of aliphatic hydroxyl groups excluding tert-OH is 1. The minimum Gasteiger partial charge on any atom is -0.407 e. The fourth-order valence-corrected chi connectivity index (χ4v) is 3.36. The summed E-state index contributed by atoms with van der Waals surface area (Å²) in [6.07, 6.45) is 0.432. The highest BCUT2D eigenvalue weighted by Gasteiger charge is 2.25. The van der Waals surface area contributed by atoms with E-state index in [0.717, 1.165) is 12.0 Å². The first-order valence-electron chi connectivity index (χ1n) is 8.78. The van der Waals surface area contributed by atoms with Crippen molar-refractivity contribution in [1.29, 1.82) is 0 Å². The number of oxazole rings is 1. The maximum atomic E-state index is 12.8. The number of hydrogen-bond donors (Lipinski definition) is 3. The zero-order chi connectivity index (χ0) is 19.6. The van der Waals surface area contributed by atoms with E-state index in [1.807, 2.05) is 13.8 Å². The van der Waals surface area contributed by atoms with Gasteiger partial charge in [-0.2, -0.15) is 0 Å². The van der Waals surface area contributed by atoms with Crippen LogP contribution in [0.1, 0.15) is 47.4 Å². The molecule has 2 atom stereocenters. The summed E-state index contributed by atoms with van der Waals surface area (Å²) in [5.74, 6) is -1.04. The van der Waals surface area contributed by atoms with Crippen molar-refractivity contribution in [2.24, 2.45) is 0 Å². The van der Waals surface area contributed by atoms with Crippen molar-refractivity contribution in [3.8, 4) is 0 Å². The number of halogens is 1. The summed E-state index contributed by atoms with van der Waals surface area (Å²) in [5, 5.41) is 14.3. The standard InChI is InChI=1S/C20H21ClN2O4/c1-3-6-15(17(24)12-7-4-9-14(21)11(12)2)22-19(25)13-8-5-10-16-18(13)27-20(26)23-16/h4-5,7-10,15,17,24H,3,6H2,1-2H3,(H,22,25)(H,23,26)/t15-,17+/m1/s1. The normalized spacial score (nSPS) is 13.5. The summed E-state index contributed by atoms with van der Waals surface area (Å²) < 4.78 is 5.09. The fraction of sp³-hybridized carbons (Fsp3) is 0.300. The number of aromatic amines is 1. The average Bonchev–Trinajstić information content (AvgIpc) is 3.03. The lowest BCUT2D eigenvalue weighted by atomic mass is 9.95. The number of amides is 1. The van der Waals surface area contributed by atoms with Crippen LogP contribution in [0.3, 0.4) is 0 Å². The van der Waals surface area contributed by atoms with E-state index in [-0.39, 0.29) is 11.1 Å². The molecule has 7 heteroatoms. The third-order valence-electron chi connectivity index (χ3n) is 4.62.